The van der Waals surface area contributed by atoms with E-state index in [-0.39, 0.29) is 11.5 Å². The van der Waals surface area contributed by atoms with Gasteiger partial charge in [0.05, 0.1) is 5.41 Å². The largest absolute Gasteiger partial charge is 0.338 e. The van der Waals surface area contributed by atoms with Gasteiger partial charge in [-0.25, -0.2) is 0 Å². The van der Waals surface area contributed by atoms with Gasteiger partial charge < -0.3 is 10.3 Å². The number of benzene rings is 1. The molecule has 0 spiro atoms. The summed E-state index contributed by atoms with van der Waals surface area (Å²) in [5.41, 5.74) is 7.16. The number of nitrogens with zero attached hydrogens (tertiary/aromatic N) is 2. The minimum atomic E-state index is -0.0389. The highest BCUT2D eigenvalue weighted by atomic mass is 16.5. The highest BCUT2D eigenvalue weighted by Gasteiger charge is 2.50. The van der Waals surface area contributed by atoms with Gasteiger partial charge in [-0.05, 0) is 24.8 Å². The number of hydrogen-bond acceptors (Lipinski definition) is 4. The summed E-state index contributed by atoms with van der Waals surface area (Å²) in [4.78, 5) is 4.55. The molecule has 0 aliphatic heterocycles. The van der Waals surface area contributed by atoms with Crippen LogP contribution in [0.1, 0.15) is 43.5 Å². The summed E-state index contributed by atoms with van der Waals surface area (Å²) in [7, 11) is 0. The van der Waals surface area contributed by atoms with Crippen molar-refractivity contribution in [3.63, 3.8) is 0 Å². The fourth-order valence-corrected chi connectivity index (χ4v) is 2.42. The molecule has 1 aromatic carbocycles. The van der Waals surface area contributed by atoms with E-state index >= 15 is 0 Å². The normalized spacial score (nSPS) is 18.2. The van der Waals surface area contributed by atoms with Gasteiger partial charge in [-0.3, -0.25) is 0 Å². The molecule has 19 heavy (non-hydrogen) atoms. The summed E-state index contributed by atoms with van der Waals surface area (Å²) in [6, 6.07) is 10.5. The molecule has 1 aliphatic rings. The van der Waals surface area contributed by atoms with Gasteiger partial charge in [0.2, 0.25) is 5.89 Å². The Morgan fingerprint density at radius 2 is 2.05 bits per heavy atom. The van der Waals surface area contributed by atoms with E-state index in [0.717, 1.165) is 31.0 Å². The Balaban J connectivity index is 1.83. The third-order valence-electron chi connectivity index (χ3n) is 3.92. The molecular weight excluding hydrogens is 238 g/mol. The topological polar surface area (TPSA) is 64.9 Å². The van der Waals surface area contributed by atoms with Crippen molar-refractivity contribution >= 4 is 0 Å². The summed E-state index contributed by atoms with van der Waals surface area (Å²) < 4.78 is 5.48. The molecule has 1 unspecified atom stereocenters. The van der Waals surface area contributed by atoms with Crippen molar-refractivity contribution in [1.29, 1.82) is 0 Å². The lowest BCUT2D eigenvalue weighted by molar-refractivity contribution is 0.354. The molecule has 1 aromatic heterocycles. The molecule has 2 N–H and O–H groups in total. The Bertz CT molecular complexity index is 546. The van der Waals surface area contributed by atoms with Crippen molar-refractivity contribution in [2.24, 2.45) is 5.73 Å². The summed E-state index contributed by atoms with van der Waals surface area (Å²) >= 11 is 0. The van der Waals surface area contributed by atoms with Crippen molar-refractivity contribution in [1.82, 2.24) is 10.1 Å². The Morgan fingerprint density at radius 3 is 2.68 bits per heavy atom. The van der Waals surface area contributed by atoms with Crippen LogP contribution in [0.5, 0.6) is 0 Å². The van der Waals surface area contributed by atoms with Crippen molar-refractivity contribution in [3.8, 4) is 0 Å². The van der Waals surface area contributed by atoms with E-state index in [1.165, 1.54) is 5.56 Å². The average molecular weight is 257 g/mol. The van der Waals surface area contributed by atoms with E-state index in [1.807, 2.05) is 6.07 Å². The van der Waals surface area contributed by atoms with E-state index in [4.69, 9.17) is 10.3 Å². The molecule has 0 saturated heterocycles. The lowest BCUT2D eigenvalue weighted by Gasteiger charge is -2.09. The minimum Gasteiger partial charge on any atom is -0.338 e. The first-order chi connectivity index (χ1) is 9.24. The molecular formula is C15H19N3O. The number of aromatic nitrogens is 2. The molecule has 1 saturated carbocycles. The SMILES string of the molecule is CCC(N)Cc1noc(C2(c3ccccc3)CC2)n1. The molecule has 2 aromatic rings. The van der Waals surface area contributed by atoms with E-state index in [2.05, 4.69) is 41.3 Å². The lowest BCUT2D eigenvalue weighted by atomic mass is 9.96. The first-order valence-electron chi connectivity index (χ1n) is 6.89. The smallest absolute Gasteiger partial charge is 0.237 e. The van der Waals surface area contributed by atoms with Crippen LogP contribution in [0, 0.1) is 0 Å². The zero-order valence-corrected chi connectivity index (χ0v) is 11.2. The van der Waals surface area contributed by atoms with E-state index in [9.17, 15) is 0 Å². The molecule has 4 nitrogen and oxygen atoms in total. The maximum Gasteiger partial charge on any atom is 0.237 e. The summed E-state index contributed by atoms with van der Waals surface area (Å²) in [5, 5.41) is 4.07. The van der Waals surface area contributed by atoms with Gasteiger partial charge in [0.25, 0.3) is 0 Å². The Labute approximate surface area is 113 Å². The Hall–Kier alpha value is -1.68. The number of rotatable bonds is 5. The highest BCUT2D eigenvalue weighted by Crippen LogP contribution is 2.52. The fraction of sp³-hybridized carbons (Fsp3) is 0.467. The molecule has 100 valence electrons. The molecule has 1 heterocycles. The first-order valence-corrected chi connectivity index (χ1v) is 6.89. The Kier molecular flexibility index (Phi) is 3.11. The van der Waals surface area contributed by atoms with Gasteiger partial charge in [0, 0.05) is 12.5 Å². The van der Waals surface area contributed by atoms with Crippen LogP contribution in [0.3, 0.4) is 0 Å². The molecule has 0 amide bonds. The lowest BCUT2D eigenvalue weighted by Crippen LogP contribution is -2.22. The van der Waals surface area contributed by atoms with Crippen LogP contribution in [-0.2, 0) is 11.8 Å². The summed E-state index contributed by atoms with van der Waals surface area (Å²) in [6.07, 6.45) is 3.77. The predicted octanol–water partition coefficient (Wildman–Crippen LogP) is 2.43. The van der Waals surface area contributed by atoms with Crippen LogP contribution in [0.2, 0.25) is 0 Å². The quantitative estimate of drug-likeness (QED) is 0.893. The molecule has 0 bridgehead atoms. The van der Waals surface area contributed by atoms with E-state index in [0.29, 0.717) is 6.42 Å². The zero-order chi connectivity index (χ0) is 13.3. The Morgan fingerprint density at radius 1 is 1.32 bits per heavy atom. The monoisotopic (exact) mass is 257 g/mol. The maximum atomic E-state index is 5.93. The second-order valence-corrected chi connectivity index (χ2v) is 5.34. The molecule has 1 aliphatic carbocycles. The van der Waals surface area contributed by atoms with Gasteiger partial charge in [-0.2, -0.15) is 4.98 Å². The average Bonchev–Trinajstić information content (AvgIpc) is 3.14. The third-order valence-corrected chi connectivity index (χ3v) is 3.92. The van der Waals surface area contributed by atoms with Crippen LogP contribution in [0.25, 0.3) is 0 Å². The van der Waals surface area contributed by atoms with E-state index < -0.39 is 0 Å². The molecule has 0 radical (unpaired) electrons. The van der Waals surface area contributed by atoms with Crippen LogP contribution in [0.15, 0.2) is 34.9 Å². The van der Waals surface area contributed by atoms with Crippen molar-refractivity contribution < 1.29 is 4.52 Å². The number of nitrogens with two attached hydrogens (primary N) is 1. The maximum absolute atomic E-state index is 5.93. The summed E-state index contributed by atoms with van der Waals surface area (Å²) in [6.45, 7) is 2.07. The van der Waals surface area contributed by atoms with Crippen LogP contribution in [-0.4, -0.2) is 16.2 Å². The van der Waals surface area contributed by atoms with Crippen LogP contribution < -0.4 is 5.73 Å². The third kappa shape index (κ3) is 2.28. The van der Waals surface area contributed by atoms with Crippen molar-refractivity contribution in [2.45, 2.75) is 44.1 Å². The van der Waals surface area contributed by atoms with E-state index in [1.54, 1.807) is 0 Å². The molecule has 4 heteroatoms. The fourth-order valence-electron chi connectivity index (χ4n) is 2.42. The molecule has 1 fully saturated rings. The number of hydrogen-bond donors (Lipinski definition) is 1. The van der Waals surface area contributed by atoms with Gasteiger partial charge in [-0.15, -0.1) is 0 Å². The van der Waals surface area contributed by atoms with Crippen molar-refractivity contribution in [3.05, 3.63) is 47.6 Å². The second kappa shape index (κ2) is 4.78. The zero-order valence-electron chi connectivity index (χ0n) is 11.2. The van der Waals surface area contributed by atoms with Gasteiger partial charge in [0.15, 0.2) is 5.82 Å². The van der Waals surface area contributed by atoms with Gasteiger partial charge in [0.1, 0.15) is 0 Å². The van der Waals surface area contributed by atoms with Gasteiger partial charge in [-0.1, -0.05) is 42.4 Å². The molecule has 1 atom stereocenters. The van der Waals surface area contributed by atoms with Crippen LogP contribution >= 0.6 is 0 Å². The standard InChI is InChI=1S/C15H19N3O/c1-2-12(16)10-13-17-14(19-18-13)15(8-9-15)11-6-4-3-5-7-11/h3-7,12H,2,8-10,16H2,1H3. The first kappa shape index (κ1) is 12.4. The second-order valence-electron chi connectivity index (χ2n) is 5.34. The molecule has 3 rings (SSSR count). The van der Waals surface area contributed by atoms with Gasteiger partial charge >= 0.3 is 0 Å². The highest BCUT2D eigenvalue weighted by molar-refractivity contribution is 5.37. The minimum absolute atomic E-state index is 0.0389. The van der Waals surface area contributed by atoms with Crippen LogP contribution in [0.4, 0.5) is 0 Å². The predicted molar refractivity (Wildman–Crippen MR) is 72.7 cm³/mol. The van der Waals surface area contributed by atoms with Crippen molar-refractivity contribution in [2.75, 3.05) is 0 Å². The summed E-state index contributed by atoms with van der Waals surface area (Å²) in [5.74, 6) is 1.48.